The van der Waals surface area contributed by atoms with Crippen LogP contribution in [0.2, 0.25) is 0 Å². The lowest BCUT2D eigenvalue weighted by Crippen LogP contribution is -2.25. The van der Waals surface area contributed by atoms with Gasteiger partial charge in [-0.05, 0) is 30.1 Å². The van der Waals surface area contributed by atoms with E-state index in [0.29, 0.717) is 18.3 Å². The highest BCUT2D eigenvalue weighted by Gasteiger charge is 2.40. The Balaban J connectivity index is 2.62. The van der Waals surface area contributed by atoms with Crippen LogP contribution in [0.25, 0.3) is 0 Å². The lowest BCUT2D eigenvalue weighted by molar-refractivity contribution is -0.139. The first-order valence-corrected chi connectivity index (χ1v) is 4.66. The van der Waals surface area contributed by atoms with Gasteiger partial charge in [-0.1, -0.05) is 20.8 Å². The summed E-state index contributed by atoms with van der Waals surface area (Å²) in [4.78, 5) is 10.5. The third-order valence-electron chi connectivity index (χ3n) is 3.69. The van der Waals surface area contributed by atoms with E-state index in [9.17, 15) is 4.79 Å². The molecule has 0 radical (unpaired) electrons. The number of aliphatic carboxylic acids is 1. The van der Waals surface area contributed by atoms with Crippen LogP contribution in [-0.4, -0.2) is 11.1 Å². The molecular formula is C10H18O2. The molecule has 12 heavy (non-hydrogen) atoms. The summed E-state index contributed by atoms with van der Waals surface area (Å²) in [5.41, 5.74) is 0.221. The van der Waals surface area contributed by atoms with Gasteiger partial charge in [-0.15, -0.1) is 0 Å². The van der Waals surface area contributed by atoms with Gasteiger partial charge in [0.2, 0.25) is 0 Å². The lowest BCUT2D eigenvalue weighted by atomic mass is 9.75. The Kier molecular flexibility index (Phi) is 2.45. The maximum atomic E-state index is 10.5. The van der Waals surface area contributed by atoms with E-state index in [1.165, 1.54) is 6.42 Å². The topological polar surface area (TPSA) is 37.3 Å². The average Bonchev–Trinajstić information content (AvgIpc) is 2.15. The number of hydrogen-bond acceptors (Lipinski definition) is 1. The minimum atomic E-state index is -0.651. The normalized spacial score (nSPS) is 33.6. The third kappa shape index (κ3) is 1.62. The number of carboxylic acid groups (broad SMARTS) is 1. The van der Waals surface area contributed by atoms with E-state index in [1.54, 1.807) is 0 Å². The molecular weight excluding hydrogens is 152 g/mol. The second-order valence-corrected chi connectivity index (χ2v) is 4.59. The summed E-state index contributed by atoms with van der Waals surface area (Å²) in [6.45, 7) is 6.61. The molecule has 1 aliphatic carbocycles. The predicted octanol–water partition coefficient (Wildman–Crippen LogP) is 2.53. The first-order chi connectivity index (χ1) is 5.44. The van der Waals surface area contributed by atoms with E-state index in [4.69, 9.17) is 5.11 Å². The van der Waals surface area contributed by atoms with Gasteiger partial charge in [0, 0.05) is 6.42 Å². The first kappa shape index (κ1) is 9.56. The molecule has 2 atom stereocenters. The summed E-state index contributed by atoms with van der Waals surface area (Å²) in [6.07, 6.45) is 2.61. The van der Waals surface area contributed by atoms with Crippen molar-refractivity contribution in [2.45, 2.75) is 40.0 Å². The quantitative estimate of drug-likeness (QED) is 0.691. The Bertz CT molecular complexity index is 184. The zero-order chi connectivity index (χ0) is 9.35. The van der Waals surface area contributed by atoms with Crippen LogP contribution in [0.5, 0.6) is 0 Å². The molecule has 0 bridgehead atoms. The highest BCUT2D eigenvalue weighted by Crippen LogP contribution is 2.48. The predicted molar refractivity (Wildman–Crippen MR) is 47.9 cm³/mol. The molecule has 0 aromatic heterocycles. The summed E-state index contributed by atoms with van der Waals surface area (Å²) in [5.74, 6) is 0.397. The molecule has 0 aromatic carbocycles. The van der Waals surface area contributed by atoms with Gasteiger partial charge in [0.1, 0.15) is 0 Å². The molecule has 0 aromatic rings. The summed E-state index contributed by atoms with van der Waals surface area (Å²) in [6, 6.07) is 0. The van der Waals surface area contributed by atoms with Crippen LogP contribution < -0.4 is 0 Å². The summed E-state index contributed by atoms with van der Waals surface area (Å²) in [7, 11) is 0. The van der Waals surface area contributed by atoms with Crippen LogP contribution in [0.4, 0.5) is 0 Å². The second-order valence-electron chi connectivity index (χ2n) is 4.59. The molecule has 1 fully saturated rings. The van der Waals surface area contributed by atoms with Crippen LogP contribution in [0.3, 0.4) is 0 Å². The highest BCUT2D eigenvalue weighted by atomic mass is 16.4. The summed E-state index contributed by atoms with van der Waals surface area (Å²) >= 11 is 0. The van der Waals surface area contributed by atoms with Gasteiger partial charge in [0.05, 0.1) is 0 Å². The van der Waals surface area contributed by atoms with Crippen molar-refractivity contribution >= 4 is 5.97 Å². The van der Waals surface area contributed by atoms with Crippen LogP contribution in [0.1, 0.15) is 40.0 Å². The first-order valence-electron chi connectivity index (χ1n) is 4.66. The highest BCUT2D eigenvalue weighted by molar-refractivity contribution is 5.67. The van der Waals surface area contributed by atoms with Crippen molar-refractivity contribution in [2.24, 2.45) is 17.3 Å². The van der Waals surface area contributed by atoms with Gasteiger partial charge >= 0.3 is 5.97 Å². The molecule has 0 unspecified atom stereocenters. The molecule has 1 N–H and O–H groups in total. The molecule has 1 aliphatic rings. The fraction of sp³-hybridized carbons (Fsp3) is 0.900. The Labute approximate surface area is 74.0 Å². The van der Waals surface area contributed by atoms with E-state index < -0.39 is 5.97 Å². The molecule has 0 amide bonds. The standard InChI is InChI=1S/C10H18O2/c1-7-4-5-8(6-9(11)12)10(7,2)3/h7-8H,4-6H2,1-3H3,(H,11,12)/t7-,8-/m0/s1. The van der Waals surface area contributed by atoms with E-state index in [1.807, 2.05) is 0 Å². The Hall–Kier alpha value is -0.530. The van der Waals surface area contributed by atoms with Crippen LogP contribution in [0.15, 0.2) is 0 Å². The van der Waals surface area contributed by atoms with Crippen molar-refractivity contribution in [3.8, 4) is 0 Å². The second kappa shape index (κ2) is 3.08. The molecule has 0 saturated heterocycles. The van der Waals surface area contributed by atoms with Crippen LogP contribution >= 0.6 is 0 Å². The van der Waals surface area contributed by atoms with Crippen molar-refractivity contribution < 1.29 is 9.90 Å². The van der Waals surface area contributed by atoms with Gasteiger partial charge in [-0.25, -0.2) is 0 Å². The molecule has 0 spiro atoms. The summed E-state index contributed by atoms with van der Waals surface area (Å²) < 4.78 is 0. The lowest BCUT2D eigenvalue weighted by Gasteiger charge is -2.30. The van der Waals surface area contributed by atoms with E-state index in [-0.39, 0.29) is 5.41 Å². The molecule has 0 heterocycles. The van der Waals surface area contributed by atoms with Crippen molar-refractivity contribution in [3.05, 3.63) is 0 Å². The van der Waals surface area contributed by atoms with Crippen molar-refractivity contribution in [1.82, 2.24) is 0 Å². The number of carboxylic acids is 1. The monoisotopic (exact) mass is 170 g/mol. The van der Waals surface area contributed by atoms with Crippen molar-refractivity contribution in [1.29, 1.82) is 0 Å². The van der Waals surface area contributed by atoms with Crippen molar-refractivity contribution in [3.63, 3.8) is 0 Å². The number of hydrogen-bond donors (Lipinski definition) is 1. The van der Waals surface area contributed by atoms with Crippen molar-refractivity contribution in [2.75, 3.05) is 0 Å². The van der Waals surface area contributed by atoms with Gasteiger partial charge in [-0.3, -0.25) is 4.79 Å². The van der Waals surface area contributed by atoms with E-state index in [2.05, 4.69) is 20.8 Å². The molecule has 0 aliphatic heterocycles. The maximum Gasteiger partial charge on any atom is 0.303 e. The minimum absolute atomic E-state index is 0.221. The Morgan fingerprint density at radius 1 is 1.50 bits per heavy atom. The third-order valence-corrected chi connectivity index (χ3v) is 3.69. The zero-order valence-corrected chi connectivity index (χ0v) is 8.13. The van der Waals surface area contributed by atoms with Gasteiger partial charge < -0.3 is 5.11 Å². The molecule has 1 saturated carbocycles. The fourth-order valence-corrected chi connectivity index (χ4v) is 2.17. The van der Waals surface area contributed by atoms with Gasteiger partial charge in [0.15, 0.2) is 0 Å². The SMILES string of the molecule is C[C@H]1CC[C@@H](CC(=O)O)C1(C)C. The Morgan fingerprint density at radius 3 is 2.42 bits per heavy atom. The summed E-state index contributed by atoms with van der Waals surface area (Å²) in [5, 5.41) is 8.69. The number of rotatable bonds is 2. The molecule has 1 rings (SSSR count). The largest absolute Gasteiger partial charge is 0.481 e. The maximum absolute atomic E-state index is 10.5. The molecule has 2 nitrogen and oxygen atoms in total. The van der Waals surface area contributed by atoms with E-state index in [0.717, 1.165) is 6.42 Å². The Morgan fingerprint density at radius 2 is 2.08 bits per heavy atom. The van der Waals surface area contributed by atoms with Gasteiger partial charge in [-0.2, -0.15) is 0 Å². The fourth-order valence-electron chi connectivity index (χ4n) is 2.17. The molecule has 70 valence electrons. The zero-order valence-electron chi connectivity index (χ0n) is 8.13. The smallest absolute Gasteiger partial charge is 0.303 e. The molecule has 2 heteroatoms. The van der Waals surface area contributed by atoms with Crippen LogP contribution in [-0.2, 0) is 4.79 Å². The number of carbonyl (C=O) groups is 1. The van der Waals surface area contributed by atoms with Crippen LogP contribution in [0, 0.1) is 17.3 Å². The van der Waals surface area contributed by atoms with Gasteiger partial charge in [0.25, 0.3) is 0 Å². The average molecular weight is 170 g/mol. The van der Waals surface area contributed by atoms with E-state index >= 15 is 0 Å². The minimum Gasteiger partial charge on any atom is -0.481 e.